The zero-order chi connectivity index (χ0) is 19.6. The van der Waals surface area contributed by atoms with Crippen molar-refractivity contribution in [1.82, 2.24) is 18.9 Å². The van der Waals surface area contributed by atoms with Gasteiger partial charge in [0, 0.05) is 35.4 Å². The van der Waals surface area contributed by atoms with Crippen LogP contribution in [-0.4, -0.2) is 39.5 Å². The first-order valence-electron chi connectivity index (χ1n) is 9.00. The molecule has 0 amide bonds. The van der Waals surface area contributed by atoms with Crippen LogP contribution in [0, 0.1) is 5.82 Å². The standard InChI is InChI=1S/C21H17FN4O2/c1-24(2)10-11-25-20(27)13-5-6-14(22)18-17-12-4-3-9-23-15(12)7-8-16(17)26(19(13)18)21(25)28/h3-9H,10-11H2,1-2H3. The minimum absolute atomic E-state index is 0.262. The second-order valence-corrected chi connectivity index (χ2v) is 7.23. The van der Waals surface area contributed by atoms with E-state index in [4.69, 9.17) is 0 Å². The molecular formula is C21H17FN4O2. The SMILES string of the molecule is CN(C)CCn1c(=O)c2ccc(F)c3c4c5cccnc5ccc4n(c1=O)c23. The minimum atomic E-state index is -0.457. The summed E-state index contributed by atoms with van der Waals surface area (Å²) in [6.07, 6.45) is 1.67. The van der Waals surface area contributed by atoms with Gasteiger partial charge in [-0.1, -0.05) is 6.07 Å². The summed E-state index contributed by atoms with van der Waals surface area (Å²) in [7, 11) is 3.76. The summed E-state index contributed by atoms with van der Waals surface area (Å²) < 4.78 is 17.6. The molecule has 6 nitrogen and oxygen atoms in total. The van der Waals surface area contributed by atoms with E-state index >= 15 is 0 Å². The van der Waals surface area contributed by atoms with E-state index in [0.29, 0.717) is 39.3 Å². The third kappa shape index (κ3) is 2.13. The van der Waals surface area contributed by atoms with Crippen molar-refractivity contribution in [3.8, 4) is 0 Å². The molecule has 0 N–H and O–H groups in total. The Morgan fingerprint density at radius 1 is 1.04 bits per heavy atom. The molecule has 0 bridgehead atoms. The smallest absolute Gasteiger partial charge is 0.308 e. The molecule has 0 unspecified atom stereocenters. The fourth-order valence-corrected chi connectivity index (χ4v) is 3.97. The molecule has 0 saturated carbocycles. The second-order valence-electron chi connectivity index (χ2n) is 7.23. The maximum Gasteiger partial charge on any atom is 0.336 e. The molecule has 0 spiro atoms. The lowest BCUT2D eigenvalue weighted by molar-refractivity contribution is 0.376. The molecule has 3 aromatic heterocycles. The number of halogens is 1. The van der Waals surface area contributed by atoms with Gasteiger partial charge < -0.3 is 4.90 Å². The lowest BCUT2D eigenvalue weighted by Gasteiger charge is -2.12. The van der Waals surface area contributed by atoms with Gasteiger partial charge in [0.2, 0.25) is 0 Å². The molecule has 0 aliphatic carbocycles. The number of likely N-dealkylation sites (N-methyl/N-ethyl adjacent to an activating group) is 1. The summed E-state index contributed by atoms with van der Waals surface area (Å²) >= 11 is 0. The van der Waals surface area contributed by atoms with Gasteiger partial charge in [-0.25, -0.2) is 9.18 Å². The quantitative estimate of drug-likeness (QED) is 0.485. The zero-order valence-corrected chi connectivity index (χ0v) is 15.4. The van der Waals surface area contributed by atoms with Crippen LogP contribution in [0.25, 0.3) is 38.1 Å². The molecule has 7 heteroatoms. The Morgan fingerprint density at radius 3 is 2.64 bits per heavy atom. The monoisotopic (exact) mass is 376 g/mol. The van der Waals surface area contributed by atoms with Crippen LogP contribution in [-0.2, 0) is 6.54 Å². The molecule has 0 aliphatic rings. The molecule has 3 heterocycles. The molecule has 28 heavy (non-hydrogen) atoms. The molecule has 5 rings (SSSR count). The highest BCUT2D eigenvalue weighted by molar-refractivity contribution is 6.22. The normalized spacial score (nSPS) is 12.3. The number of nitrogens with zero attached hydrogens (tertiary/aromatic N) is 4. The Labute approximate surface area is 158 Å². The van der Waals surface area contributed by atoms with Crippen LogP contribution in [0.3, 0.4) is 0 Å². The highest BCUT2D eigenvalue weighted by Gasteiger charge is 2.22. The lowest BCUT2D eigenvalue weighted by atomic mass is 10.1. The minimum Gasteiger partial charge on any atom is -0.308 e. The third-order valence-electron chi connectivity index (χ3n) is 5.27. The molecule has 140 valence electrons. The summed E-state index contributed by atoms with van der Waals surface area (Å²) in [4.78, 5) is 32.5. The van der Waals surface area contributed by atoms with Gasteiger partial charge >= 0.3 is 5.69 Å². The molecule has 5 aromatic rings. The Hall–Kier alpha value is -3.32. The van der Waals surface area contributed by atoms with Gasteiger partial charge in [-0.3, -0.25) is 18.7 Å². The first kappa shape index (κ1) is 16.8. The van der Waals surface area contributed by atoms with Gasteiger partial charge in [-0.05, 0) is 44.4 Å². The van der Waals surface area contributed by atoms with Gasteiger partial charge in [0.15, 0.2) is 0 Å². The van der Waals surface area contributed by atoms with Crippen molar-refractivity contribution in [2.45, 2.75) is 6.54 Å². The van der Waals surface area contributed by atoms with Gasteiger partial charge in [0.05, 0.1) is 21.9 Å². The van der Waals surface area contributed by atoms with Crippen molar-refractivity contribution >= 4 is 38.1 Å². The topological polar surface area (TPSA) is 59.6 Å². The first-order valence-corrected chi connectivity index (χ1v) is 9.00. The fourth-order valence-electron chi connectivity index (χ4n) is 3.97. The molecule has 0 aliphatic heterocycles. The van der Waals surface area contributed by atoms with E-state index < -0.39 is 17.1 Å². The van der Waals surface area contributed by atoms with Crippen molar-refractivity contribution < 1.29 is 4.39 Å². The number of rotatable bonds is 3. The summed E-state index contributed by atoms with van der Waals surface area (Å²) in [6.45, 7) is 0.807. The van der Waals surface area contributed by atoms with Crippen LogP contribution < -0.4 is 11.2 Å². The molecule has 0 saturated heterocycles. The molecule has 2 aromatic carbocycles. The number of fused-ring (bicyclic) bond motifs is 5. The molecular weight excluding hydrogens is 359 g/mol. The zero-order valence-electron chi connectivity index (χ0n) is 15.4. The van der Waals surface area contributed by atoms with E-state index in [0.717, 1.165) is 5.39 Å². The average Bonchev–Trinajstić information content (AvgIpc) is 3.04. The van der Waals surface area contributed by atoms with Crippen molar-refractivity contribution in [2.24, 2.45) is 0 Å². The van der Waals surface area contributed by atoms with E-state index in [9.17, 15) is 14.0 Å². The number of benzene rings is 2. The van der Waals surface area contributed by atoms with E-state index in [1.165, 1.54) is 21.1 Å². The second kappa shape index (κ2) is 5.84. The first-order chi connectivity index (χ1) is 13.5. The number of hydrogen-bond donors (Lipinski definition) is 0. The van der Waals surface area contributed by atoms with Gasteiger partial charge in [-0.15, -0.1) is 0 Å². The van der Waals surface area contributed by atoms with Crippen molar-refractivity contribution in [3.05, 3.63) is 69.3 Å². The fraction of sp³-hybridized carbons (Fsp3) is 0.190. The Bertz CT molecular complexity index is 1500. The van der Waals surface area contributed by atoms with Crippen LogP contribution in [0.4, 0.5) is 4.39 Å². The van der Waals surface area contributed by atoms with E-state index in [2.05, 4.69) is 4.98 Å². The number of hydrogen-bond acceptors (Lipinski definition) is 4. The Balaban J connectivity index is 2.07. The number of pyridine rings is 1. The highest BCUT2D eigenvalue weighted by atomic mass is 19.1. The van der Waals surface area contributed by atoms with Crippen molar-refractivity contribution in [2.75, 3.05) is 20.6 Å². The third-order valence-corrected chi connectivity index (χ3v) is 5.27. The van der Waals surface area contributed by atoms with Gasteiger partial charge in [0.1, 0.15) is 5.82 Å². The maximum atomic E-state index is 14.9. The predicted molar refractivity (Wildman–Crippen MR) is 108 cm³/mol. The Kier molecular flexibility index (Phi) is 3.51. The maximum absolute atomic E-state index is 14.9. The van der Waals surface area contributed by atoms with Crippen LogP contribution in [0.1, 0.15) is 0 Å². The van der Waals surface area contributed by atoms with Crippen LogP contribution in [0.2, 0.25) is 0 Å². The van der Waals surface area contributed by atoms with Crippen LogP contribution in [0.15, 0.2) is 52.2 Å². The van der Waals surface area contributed by atoms with E-state index in [-0.39, 0.29) is 6.54 Å². The van der Waals surface area contributed by atoms with Gasteiger partial charge in [-0.2, -0.15) is 0 Å². The molecule has 0 fully saturated rings. The summed E-state index contributed by atoms with van der Waals surface area (Å²) in [5.74, 6) is -0.457. The Morgan fingerprint density at radius 2 is 1.86 bits per heavy atom. The predicted octanol–water partition coefficient (Wildman–Crippen LogP) is 2.45. The molecule has 0 radical (unpaired) electrons. The van der Waals surface area contributed by atoms with Gasteiger partial charge in [0.25, 0.3) is 5.56 Å². The largest absolute Gasteiger partial charge is 0.336 e. The number of aromatic nitrogens is 3. The van der Waals surface area contributed by atoms with Crippen molar-refractivity contribution in [1.29, 1.82) is 0 Å². The summed E-state index contributed by atoms with van der Waals surface area (Å²) in [6, 6.07) is 9.98. The van der Waals surface area contributed by atoms with Crippen molar-refractivity contribution in [3.63, 3.8) is 0 Å². The van der Waals surface area contributed by atoms with E-state index in [1.54, 1.807) is 18.3 Å². The van der Waals surface area contributed by atoms with E-state index in [1.807, 2.05) is 31.1 Å². The highest BCUT2D eigenvalue weighted by Crippen LogP contribution is 2.35. The lowest BCUT2D eigenvalue weighted by Crippen LogP contribution is -2.39. The molecule has 0 atom stereocenters. The average molecular weight is 376 g/mol. The van der Waals surface area contributed by atoms with Crippen LogP contribution in [0.5, 0.6) is 0 Å². The summed E-state index contributed by atoms with van der Waals surface area (Å²) in [5, 5.41) is 1.99. The summed E-state index contributed by atoms with van der Waals surface area (Å²) in [5.41, 5.74) is 0.778. The van der Waals surface area contributed by atoms with Crippen LogP contribution >= 0.6 is 0 Å².